The molecule has 0 fully saturated rings. The molecule has 0 aliphatic carbocycles. The van der Waals surface area contributed by atoms with E-state index in [1.165, 1.54) is 0 Å². The highest BCUT2D eigenvalue weighted by Gasteiger charge is 1.89. The van der Waals surface area contributed by atoms with Crippen LogP contribution in [0.25, 0.3) is 0 Å². The Bertz CT molecular complexity index is 66.6. The molecular formula is C7H18N2O. The summed E-state index contributed by atoms with van der Waals surface area (Å²) in [5, 5.41) is 0. The molecule has 0 atom stereocenters. The summed E-state index contributed by atoms with van der Waals surface area (Å²) in [7, 11) is 4.12. The predicted molar refractivity (Wildman–Crippen MR) is 43.0 cm³/mol. The molecule has 3 heteroatoms. The Morgan fingerprint density at radius 2 is 2.00 bits per heavy atom. The van der Waals surface area contributed by atoms with Crippen molar-refractivity contribution in [1.29, 1.82) is 0 Å². The zero-order chi connectivity index (χ0) is 7.82. The van der Waals surface area contributed by atoms with Gasteiger partial charge in [0, 0.05) is 13.2 Å². The zero-order valence-corrected chi connectivity index (χ0v) is 6.97. The number of nitrogens with two attached hydrogens (primary N) is 1. The Morgan fingerprint density at radius 3 is 2.50 bits per heavy atom. The van der Waals surface area contributed by atoms with Crippen molar-refractivity contribution in [2.24, 2.45) is 5.73 Å². The summed E-state index contributed by atoms with van der Waals surface area (Å²) in [5.74, 6) is 0. The van der Waals surface area contributed by atoms with E-state index < -0.39 is 0 Å². The molecular weight excluding hydrogens is 128 g/mol. The summed E-state index contributed by atoms with van der Waals surface area (Å²) in [4.78, 5) is 2.14. The fourth-order valence-corrected chi connectivity index (χ4v) is 0.668. The third kappa shape index (κ3) is 7.88. The molecule has 0 amide bonds. The molecule has 2 N–H and O–H groups in total. The van der Waals surface area contributed by atoms with Gasteiger partial charge in [-0.15, -0.1) is 0 Å². The second-order valence-electron chi connectivity index (χ2n) is 2.56. The van der Waals surface area contributed by atoms with Gasteiger partial charge in [-0.3, -0.25) is 0 Å². The lowest BCUT2D eigenvalue weighted by molar-refractivity contribution is 0.133. The summed E-state index contributed by atoms with van der Waals surface area (Å²) < 4.78 is 5.18. The summed E-state index contributed by atoms with van der Waals surface area (Å²) in [5.41, 5.74) is 5.24. The molecule has 0 aliphatic heterocycles. The van der Waals surface area contributed by atoms with Crippen LogP contribution in [0.1, 0.15) is 6.42 Å². The molecule has 62 valence electrons. The summed E-state index contributed by atoms with van der Waals surface area (Å²) in [6.45, 7) is 3.23. The van der Waals surface area contributed by atoms with Crippen LogP contribution in [-0.2, 0) is 4.74 Å². The van der Waals surface area contributed by atoms with Gasteiger partial charge in [0.25, 0.3) is 0 Å². The molecule has 0 aliphatic rings. The van der Waals surface area contributed by atoms with Gasteiger partial charge in [-0.1, -0.05) is 0 Å². The molecule has 0 aromatic rings. The lowest BCUT2D eigenvalue weighted by Crippen LogP contribution is -2.16. The van der Waals surface area contributed by atoms with Crippen molar-refractivity contribution >= 4 is 0 Å². The monoisotopic (exact) mass is 146 g/mol. The first-order chi connectivity index (χ1) is 4.77. The average Bonchev–Trinajstić information content (AvgIpc) is 1.87. The maximum absolute atomic E-state index is 5.24. The maximum Gasteiger partial charge on any atom is 0.0588 e. The van der Waals surface area contributed by atoms with Gasteiger partial charge < -0.3 is 15.4 Å². The van der Waals surface area contributed by atoms with E-state index in [1.807, 2.05) is 0 Å². The first kappa shape index (κ1) is 9.88. The molecule has 0 saturated heterocycles. The van der Waals surface area contributed by atoms with Crippen LogP contribution in [-0.4, -0.2) is 45.3 Å². The van der Waals surface area contributed by atoms with E-state index in [4.69, 9.17) is 10.5 Å². The standard InChI is InChI=1S/C7H18N2O/c1-9(2)5-3-6-10-7-4-8/h3-8H2,1-2H3. The Hall–Kier alpha value is -0.120. The Kier molecular flexibility index (Phi) is 6.91. The molecule has 0 radical (unpaired) electrons. The minimum absolute atomic E-state index is 0.627. The third-order valence-electron chi connectivity index (χ3n) is 1.16. The molecule has 0 rings (SSSR count). The molecule has 0 heterocycles. The molecule has 0 aromatic heterocycles. The topological polar surface area (TPSA) is 38.5 Å². The van der Waals surface area contributed by atoms with Gasteiger partial charge in [-0.05, 0) is 27.1 Å². The van der Waals surface area contributed by atoms with Crippen molar-refractivity contribution in [2.45, 2.75) is 6.42 Å². The van der Waals surface area contributed by atoms with Crippen LogP contribution in [0.4, 0.5) is 0 Å². The SMILES string of the molecule is CN(C)CCCOCCN. The highest BCUT2D eigenvalue weighted by atomic mass is 16.5. The van der Waals surface area contributed by atoms with E-state index in [2.05, 4.69) is 19.0 Å². The Balaban J connectivity index is 2.77. The van der Waals surface area contributed by atoms with Crippen LogP contribution in [0.3, 0.4) is 0 Å². The van der Waals surface area contributed by atoms with Gasteiger partial charge in [0.2, 0.25) is 0 Å². The summed E-state index contributed by atoms with van der Waals surface area (Å²) >= 11 is 0. The normalized spacial score (nSPS) is 10.8. The molecule has 0 unspecified atom stereocenters. The van der Waals surface area contributed by atoms with E-state index >= 15 is 0 Å². The molecule has 3 nitrogen and oxygen atoms in total. The van der Waals surface area contributed by atoms with Crippen molar-refractivity contribution in [1.82, 2.24) is 4.90 Å². The van der Waals surface area contributed by atoms with Gasteiger partial charge in [0.15, 0.2) is 0 Å². The van der Waals surface area contributed by atoms with Crippen LogP contribution in [0.5, 0.6) is 0 Å². The minimum atomic E-state index is 0.627. The minimum Gasteiger partial charge on any atom is -0.380 e. The third-order valence-corrected chi connectivity index (χ3v) is 1.16. The van der Waals surface area contributed by atoms with Crippen LogP contribution in [0.15, 0.2) is 0 Å². The largest absolute Gasteiger partial charge is 0.380 e. The fraction of sp³-hybridized carbons (Fsp3) is 1.00. The summed E-state index contributed by atoms with van der Waals surface area (Å²) in [6.07, 6.45) is 1.09. The molecule has 0 aromatic carbocycles. The predicted octanol–water partition coefficient (Wildman–Crippen LogP) is -0.0866. The lowest BCUT2D eigenvalue weighted by atomic mass is 10.4. The Morgan fingerprint density at radius 1 is 1.30 bits per heavy atom. The maximum atomic E-state index is 5.24. The van der Waals surface area contributed by atoms with E-state index in [0.29, 0.717) is 13.2 Å². The second-order valence-corrected chi connectivity index (χ2v) is 2.56. The van der Waals surface area contributed by atoms with Gasteiger partial charge in [-0.25, -0.2) is 0 Å². The van der Waals surface area contributed by atoms with E-state index in [0.717, 1.165) is 19.6 Å². The fourth-order valence-electron chi connectivity index (χ4n) is 0.668. The van der Waals surface area contributed by atoms with Crippen molar-refractivity contribution in [3.05, 3.63) is 0 Å². The van der Waals surface area contributed by atoms with E-state index in [1.54, 1.807) is 0 Å². The van der Waals surface area contributed by atoms with Gasteiger partial charge >= 0.3 is 0 Å². The van der Waals surface area contributed by atoms with Gasteiger partial charge in [0.05, 0.1) is 6.61 Å². The molecule has 0 bridgehead atoms. The van der Waals surface area contributed by atoms with E-state index in [9.17, 15) is 0 Å². The number of hydrogen-bond acceptors (Lipinski definition) is 3. The first-order valence-corrected chi connectivity index (χ1v) is 3.70. The second kappa shape index (κ2) is 6.99. The number of rotatable bonds is 6. The van der Waals surface area contributed by atoms with Gasteiger partial charge in [-0.2, -0.15) is 0 Å². The first-order valence-electron chi connectivity index (χ1n) is 3.70. The molecule has 10 heavy (non-hydrogen) atoms. The summed E-state index contributed by atoms with van der Waals surface area (Å²) in [6, 6.07) is 0. The van der Waals surface area contributed by atoms with Crippen molar-refractivity contribution < 1.29 is 4.74 Å². The van der Waals surface area contributed by atoms with Crippen LogP contribution < -0.4 is 5.73 Å². The lowest BCUT2D eigenvalue weighted by Gasteiger charge is -2.08. The quantitative estimate of drug-likeness (QED) is 0.532. The molecule has 0 saturated carbocycles. The van der Waals surface area contributed by atoms with Crippen LogP contribution in [0.2, 0.25) is 0 Å². The van der Waals surface area contributed by atoms with Crippen LogP contribution in [0, 0.1) is 0 Å². The van der Waals surface area contributed by atoms with Crippen molar-refractivity contribution in [3.63, 3.8) is 0 Å². The number of nitrogens with zero attached hydrogens (tertiary/aromatic N) is 1. The van der Waals surface area contributed by atoms with E-state index in [-0.39, 0.29) is 0 Å². The highest BCUT2D eigenvalue weighted by molar-refractivity contribution is 4.42. The van der Waals surface area contributed by atoms with Gasteiger partial charge in [0.1, 0.15) is 0 Å². The highest BCUT2D eigenvalue weighted by Crippen LogP contribution is 1.83. The van der Waals surface area contributed by atoms with Crippen molar-refractivity contribution in [2.75, 3.05) is 40.4 Å². The van der Waals surface area contributed by atoms with Crippen LogP contribution >= 0.6 is 0 Å². The Labute approximate surface area is 63.1 Å². The smallest absolute Gasteiger partial charge is 0.0588 e. The van der Waals surface area contributed by atoms with Crippen molar-refractivity contribution in [3.8, 4) is 0 Å². The molecule has 0 spiro atoms. The number of hydrogen-bond donors (Lipinski definition) is 1. The zero-order valence-electron chi connectivity index (χ0n) is 6.97. The number of ether oxygens (including phenoxy) is 1. The average molecular weight is 146 g/mol.